The molecule has 6 nitrogen and oxygen atoms in total. The molecule has 4 fully saturated rings. The molecule has 8 rings (SSSR count). The fourth-order valence-electron chi connectivity index (χ4n) is 8.11. The van der Waals surface area contributed by atoms with Crippen LogP contribution in [0.5, 0.6) is 11.6 Å². The number of aromatic hydroxyl groups is 1. The minimum atomic E-state index is -0.800. The number of nitrogens with zero attached hydrogens (tertiary/aromatic N) is 3. The first-order valence-corrected chi connectivity index (χ1v) is 16.1. The van der Waals surface area contributed by atoms with E-state index in [9.17, 15) is 13.9 Å². The van der Waals surface area contributed by atoms with Gasteiger partial charge >= 0.3 is 0 Å². The van der Waals surface area contributed by atoms with E-state index in [1.807, 2.05) is 13.0 Å². The third-order valence-electron chi connectivity index (χ3n) is 10.0. The molecule has 2 aromatic heterocycles. The lowest BCUT2D eigenvalue weighted by molar-refractivity contribution is 0.111. The Kier molecular flexibility index (Phi) is 6.35. The molecule has 4 aromatic rings. The molecule has 2 aromatic carbocycles. The number of phenols is 1. The fraction of sp³-hybridized carbons (Fsp3) is 0.485. The van der Waals surface area contributed by atoms with Gasteiger partial charge in [-0.2, -0.15) is 4.98 Å². The summed E-state index contributed by atoms with van der Waals surface area (Å²) in [5.74, 6) is 1.41. The standard InChI is InChI=1S/C33H36F2N4O2S/c1-2-24-27(35)7-4-19-10-23(40)11-25(31(19)24)28-12-26-29(42-28)13-30(37-32(26)38-16-21-5-6-22(17-38)36-21)41-18-33-8-3-9-39(33)15-20(34)14-33/h4,7,10-13,20-22,36,40H,2-3,5-6,8-9,14-18H2,1H3/t20-,21?,22?,33+/m1/s1. The Morgan fingerprint density at radius 2 is 1.98 bits per heavy atom. The number of ether oxygens (including phenoxy) is 1. The summed E-state index contributed by atoms with van der Waals surface area (Å²) < 4.78 is 36.9. The van der Waals surface area contributed by atoms with Crippen LogP contribution in [0.15, 0.2) is 36.4 Å². The second-order valence-corrected chi connectivity index (χ2v) is 13.8. The van der Waals surface area contributed by atoms with Gasteiger partial charge in [0.25, 0.3) is 0 Å². The van der Waals surface area contributed by atoms with E-state index < -0.39 is 6.17 Å². The maximum atomic E-state index is 15.0. The van der Waals surface area contributed by atoms with Gasteiger partial charge in [0.2, 0.25) is 5.88 Å². The van der Waals surface area contributed by atoms with Gasteiger partial charge in [-0.1, -0.05) is 13.0 Å². The van der Waals surface area contributed by atoms with Gasteiger partial charge in [0.05, 0.1) is 5.54 Å². The van der Waals surface area contributed by atoms with E-state index >= 15 is 0 Å². The molecule has 0 saturated carbocycles. The zero-order chi connectivity index (χ0) is 28.6. The molecule has 220 valence electrons. The first kappa shape index (κ1) is 26.6. The highest BCUT2D eigenvalue weighted by Gasteiger charge is 2.49. The van der Waals surface area contributed by atoms with Gasteiger partial charge < -0.3 is 20.1 Å². The molecule has 4 saturated heterocycles. The molecule has 4 aliphatic heterocycles. The van der Waals surface area contributed by atoms with Gasteiger partial charge in [-0.15, -0.1) is 11.3 Å². The number of benzene rings is 2. The van der Waals surface area contributed by atoms with Gasteiger partial charge in [0.15, 0.2) is 0 Å². The van der Waals surface area contributed by atoms with E-state index in [1.54, 1.807) is 29.5 Å². The highest BCUT2D eigenvalue weighted by molar-refractivity contribution is 7.22. The number of halogens is 2. The maximum Gasteiger partial charge on any atom is 0.216 e. The molecule has 2 unspecified atom stereocenters. The van der Waals surface area contributed by atoms with Gasteiger partial charge in [-0.3, -0.25) is 4.90 Å². The summed E-state index contributed by atoms with van der Waals surface area (Å²) in [4.78, 5) is 10.7. The summed E-state index contributed by atoms with van der Waals surface area (Å²) >= 11 is 1.62. The number of aromatic nitrogens is 1. The van der Waals surface area contributed by atoms with Gasteiger partial charge in [-0.05, 0) is 79.3 Å². The van der Waals surface area contributed by atoms with Crippen LogP contribution < -0.4 is 15.0 Å². The molecule has 0 amide bonds. The van der Waals surface area contributed by atoms with Crippen molar-refractivity contribution in [1.29, 1.82) is 0 Å². The number of fused-ring (bicyclic) bond motifs is 5. The van der Waals surface area contributed by atoms with Crippen molar-refractivity contribution in [2.75, 3.05) is 37.7 Å². The highest BCUT2D eigenvalue weighted by atomic mass is 32.1. The Balaban J connectivity index is 1.24. The van der Waals surface area contributed by atoms with Crippen LogP contribution in [0.1, 0.15) is 44.6 Å². The molecule has 6 heterocycles. The van der Waals surface area contributed by atoms with Crippen LogP contribution in [-0.4, -0.2) is 71.6 Å². The van der Waals surface area contributed by atoms with Gasteiger partial charge in [-0.25, -0.2) is 8.78 Å². The molecule has 2 bridgehead atoms. The number of piperazine rings is 1. The number of anilines is 1. The van der Waals surface area contributed by atoms with Crippen molar-refractivity contribution in [2.24, 2.45) is 0 Å². The summed E-state index contributed by atoms with van der Waals surface area (Å²) in [7, 11) is 0. The fourth-order valence-corrected chi connectivity index (χ4v) is 9.22. The first-order chi connectivity index (χ1) is 20.4. The summed E-state index contributed by atoms with van der Waals surface area (Å²) in [5.41, 5.74) is 1.24. The number of pyridine rings is 1. The van der Waals surface area contributed by atoms with Crippen LogP contribution in [0.3, 0.4) is 0 Å². The number of rotatable bonds is 6. The molecular weight excluding hydrogens is 554 g/mol. The third-order valence-corrected chi connectivity index (χ3v) is 11.1. The molecule has 4 atom stereocenters. The molecule has 0 aliphatic carbocycles. The number of hydrogen-bond acceptors (Lipinski definition) is 7. The average molecular weight is 591 g/mol. The Labute approximate surface area is 248 Å². The lowest BCUT2D eigenvalue weighted by atomic mass is 9.95. The number of aryl methyl sites for hydroxylation is 1. The summed E-state index contributed by atoms with van der Waals surface area (Å²) in [6.45, 7) is 5.59. The van der Waals surface area contributed by atoms with Crippen LogP contribution in [0, 0.1) is 5.82 Å². The van der Waals surface area contributed by atoms with Crippen molar-refractivity contribution in [3.05, 3.63) is 47.8 Å². The smallest absolute Gasteiger partial charge is 0.216 e. The minimum absolute atomic E-state index is 0.160. The molecule has 42 heavy (non-hydrogen) atoms. The van der Waals surface area contributed by atoms with Crippen LogP contribution in [0.2, 0.25) is 0 Å². The molecule has 9 heteroatoms. The topological polar surface area (TPSA) is 60.9 Å². The second-order valence-electron chi connectivity index (χ2n) is 12.7. The van der Waals surface area contributed by atoms with Crippen molar-refractivity contribution in [1.82, 2.24) is 15.2 Å². The van der Waals surface area contributed by atoms with Crippen LogP contribution in [0.4, 0.5) is 14.6 Å². The van der Waals surface area contributed by atoms with Crippen molar-refractivity contribution in [2.45, 2.75) is 69.2 Å². The molecule has 4 aliphatic rings. The molecule has 2 N–H and O–H groups in total. The van der Waals surface area contributed by atoms with Crippen molar-refractivity contribution in [3.8, 4) is 22.1 Å². The average Bonchev–Trinajstić information content (AvgIpc) is 3.73. The summed E-state index contributed by atoms with van der Waals surface area (Å²) in [6, 6.07) is 11.7. The van der Waals surface area contributed by atoms with Crippen LogP contribution in [-0.2, 0) is 6.42 Å². The minimum Gasteiger partial charge on any atom is -0.508 e. The summed E-state index contributed by atoms with van der Waals surface area (Å²) in [5, 5.41) is 17.1. The number of alkyl halides is 1. The summed E-state index contributed by atoms with van der Waals surface area (Å²) in [6.07, 6.45) is 4.63. The second kappa shape index (κ2) is 10.0. The lowest BCUT2D eigenvalue weighted by Crippen LogP contribution is -2.51. The van der Waals surface area contributed by atoms with E-state index in [0.29, 0.717) is 49.5 Å². The highest BCUT2D eigenvalue weighted by Crippen LogP contribution is 2.45. The Morgan fingerprint density at radius 1 is 1.14 bits per heavy atom. The first-order valence-electron chi connectivity index (χ1n) is 15.3. The lowest BCUT2D eigenvalue weighted by Gasteiger charge is -2.34. The van der Waals surface area contributed by atoms with E-state index in [-0.39, 0.29) is 17.1 Å². The maximum absolute atomic E-state index is 15.0. The van der Waals surface area contributed by atoms with Gasteiger partial charge in [0.1, 0.15) is 30.2 Å². The number of phenolic OH excluding ortho intramolecular Hbond substituents is 1. The molecular formula is C33H36F2N4O2S. The zero-order valence-corrected chi connectivity index (χ0v) is 24.7. The van der Waals surface area contributed by atoms with E-state index in [2.05, 4.69) is 21.2 Å². The predicted molar refractivity (Wildman–Crippen MR) is 164 cm³/mol. The quantitative estimate of drug-likeness (QED) is 0.270. The Morgan fingerprint density at radius 3 is 2.79 bits per heavy atom. The van der Waals surface area contributed by atoms with Crippen LogP contribution >= 0.6 is 11.3 Å². The zero-order valence-electron chi connectivity index (χ0n) is 23.8. The molecule has 0 spiro atoms. The predicted octanol–water partition coefficient (Wildman–Crippen LogP) is 6.42. The van der Waals surface area contributed by atoms with Crippen molar-refractivity contribution >= 4 is 38.0 Å². The Hall–Kier alpha value is -3.01. The van der Waals surface area contributed by atoms with E-state index in [0.717, 1.165) is 69.6 Å². The normalized spacial score (nSPS) is 27.4. The number of nitrogens with one attached hydrogen (secondary N) is 1. The Bertz CT molecular complexity index is 1680. The number of thiophene rings is 1. The SMILES string of the molecule is CCc1c(F)ccc2cc(O)cc(-c3cc4c(N5CC6CCC(C5)N6)nc(OC[C@@]56CCCN5C[C@H](F)C6)cc4s3)c12. The van der Waals surface area contributed by atoms with Crippen molar-refractivity contribution < 1.29 is 18.6 Å². The van der Waals surface area contributed by atoms with Crippen molar-refractivity contribution in [3.63, 3.8) is 0 Å². The van der Waals surface area contributed by atoms with E-state index in [1.165, 1.54) is 18.9 Å². The van der Waals surface area contributed by atoms with E-state index in [4.69, 9.17) is 9.72 Å². The van der Waals surface area contributed by atoms with Gasteiger partial charge in [0, 0.05) is 64.7 Å². The monoisotopic (exact) mass is 590 g/mol. The number of hydrogen-bond donors (Lipinski definition) is 2. The molecule has 0 radical (unpaired) electrons. The third kappa shape index (κ3) is 4.35. The van der Waals surface area contributed by atoms with Crippen LogP contribution in [0.25, 0.3) is 31.3 Å². The largest absolute Gasteiger partial charge is 0.508 e.